The summed E-state index contributed by atoms with van der Waals surface area (Å²) in [6, 6.07) is 3.68. The van der Waals surface area contributed by atoms with Crippen LogP contribution < -0.4 is 0 Å². The molecule has 4 nitrogen and oxygen atoms in total. The molecule has 0 aliphatic heterocycles. The van der Waals surface area contributed by atoms with E-state index in [-0.39, 0.29) is 5.91 Å². The zero-order chi connectivity index (χ0) is 12.0. The van der Waals surface area contributed by atoms with Gasteiger partial charge in [0.15, 0.2) is 0 Å². The maximum absolute atomic E-state index is 11.6. The predicted octanol–water partition coefficient (Wildman–Crippen LogP) is 0.934. The third kappa shape index (κ3) is 4.23. The molecule has 1 unspecified atom stereocenters. The van der Waals surface area contributed by atoms with Gasteiger partial charge < -0.3 is 10.0 Å². The molecular formula is C12H16N2O2. The van der Waals surface area contributed by atoms with E-state index in [4.69, 9.17) is 5.11 Å². The SMILES string of the molecule is CC(O)CN(C)C(=O)C=Cc1cccnc1. The number of carbonyl (C=O) groups excluding carboxylic acids is 1. The number of hydrogen-bond acceptors (Lipinski definition) is 3. The normalized spacial score (nSPS) is 12.7. The number of nitrogens with zero attached hydrogens (tertiary/aromatic N) is 2. The monoisotopic (exact) mass is 220 g/mol. The summed E-state index contributed by atoms with van der Waals surface area (Å²) in [7, 11) is 1.66. The quantitative estimate of drug-likeness (QED) is 0.768. The third-order valence-electron chi connectivity index (χ3n) is 2.02. The Hall–Kier alpha value is -1.68. The molecule has 1 heterocycles. The summed E-state index contributed by atoms with van der Waals surface area (Å²) >= 11 is 0. The number of pyridine rings is 1. The van der Waals surface area contributed by atoms with E-state index in [1.807, 2.05) is 12.1 Å². The largest absolute Gasteiger partial charge is 0.392 e. The van der Waals surface area contributed by atoms with Gasteiger partial charge in [-0.1, -0.05) is 6.07 Å². The van der Waals surface area contributed by atoms with Crippen LogP contribution in [0, 0.1) is 0 Å². The van der Waals surface area contributed by atoms with Crippen molar-refractivity contribution < 1.29 is 9.90 Å². The molecule has 16 heavy (non-hydrogen) atoms. The predicted molar refractivity (Wildman–Crippen MR) is 62.6 cm³/mol. The van der Waals surface area contributed by atoms with E-state index in [0.29, 0.717) is 6.54 Å². The van der Waals surface area contributed by atoms with Crippen molar-refractivity contribution in [2.75, 3.05) is 13.6 Å². The summed E-state index contributed by atoms with van der Waals surface area (Å²) in [6.07, 6.45) is 6.02. The van der Waals surface area contributed by atoms with Gasteiger partial charge in [0.05, 0.1) is 6.10 Å². The maximum atomic E-state index is 11.6. The minimum absolute atomic E-state index is 0.134. The lowest BCUT2D eigenvalue weighted by molar-refractivity contribution is -0.125. The Morgan fingerprint density at radius 2 is 2.44 bits per heavy atom. The Morgan fingerprint density at radius 3 is 3.00 bits per heavy atom. The van der Waals surface area contributed by atoms with E-state index in [0.717, 1.165) is 5.56 Å². The molecule has 1 rings (SSSR count). The van der Waals surface area contributed by atoms with E-state index >= 15 is 0 Å². The van der Waals surface area contributed by atoms with Crippen molar-refractivity contribution in [2.45, 2.75) is 13.0 Å². The van der Waals surface area contributed by atoms with Crippen molar-refractivity contribution in [3.8, 4) is 0 Å². The highest BCUT2D eigenvalue weighted by molar-refractivity contribution is 5.91. The molecule has 1 atom stereocenters. The molecule has 86 valence electrons. The second-order valence-electron chi connectivity index (χ2n) is 3.69. The number of aliphatic hydroxyl groups is 1. The fourth-order valence-corrected chi connectivity index (χ4v) is 1.26. The van der Waals surface area contributed by atoms with Crippen LogP contribution in [0.4, 0.5) is 0 Å². The summed E-state index contributed by atoms with van der Waals surface area (Å²) in [5.74, 6) is -0.134. The number of rotatable bonds is 4. The molecule has 4 heteroatoms. The molecule has 1 aromatic rings. The molecule has 0 spiro atoms. The van der Waals surface area contributed by atoms with Crippen LogP contribution in [0.25, 0.3) is 6.08 Å². The van der Waals surface area contributed by atoms with Crippen molar-refractivity contribution in [1.82, 2.24) is 9.88 Å². The molecular weight excluding hydrogens is 204 g/mol. The fraction of sp³-hybridized carbons (Fsp3) is 0.333. The lowest BCUT2D eigenvalue weighted by atomic mass is 10.2. The van der Waals surface area contributed by atoms with E-state index in [2.05, 4.69) is 4.98 Å². The smallest absolute Gasteiger partial charge is 0.246 e. The molecule has 0 aliphatic rings. The Kier molecular flexibility index (Phi) is 4.66. The number of aromatic nitrogens is 1. The molecule has 1 amide bonds. The van der Waals surface area contributed by atoms with Crippen LogP contribution in [0.2, 0.25) is 0 Å². The summed E-state index contributed by atoms with van der Waals surface area (Å²) in [6.45, 7) is 1.98. The zero-order valence-electron chi connectivity index (χ0n) is 9.50. The van der Waals surface area contributed by atoms with Gasteiger partial charge >= 0.3 is 0 Å². The lowest BCUT2D eigenvalue weighted by Crippen LogP contribution is -2.31. The first-order chi connectivity index (χ1) is 7.59. The van der Waals surface area contributed by atoms with Crippen molar-refractivity contribution in [2.24, 2.45) is 0 Å². The number of amides is 1. The van der Waals surface area contributed by atoms with Gasteiger partial charge in [-0.15, -0.1) is 0 Å². The fourth-order valence-electron chi connectivity index (χ4n) is 1.26. The summed E-state index contributed by atoms with van der Waals surface area (Å²) in [5.41, 5.74) is 0.876. The Bertz CT molecular complexity index is 361. The summed E-state index contributed by atoms with van der Waals surface area (Å²) < 4.78 is 0. The van der Waals surface area contributed by atoms with Crippen LogP contribution in [0.15, 0.2) is 30.6 Å². The summed E-state index contributed by atoms with van der Waals surface area (Å²) in [4.78, 5) is 17.0. The average molecular weight is 220 g/mol. The third-order valence-corrected chi connectivity index (χ3v) is 2.02. The van der Waals surface area contributed by atoms with E-state index in [9.17, 15) is 4.79 Å². The first-order valence-corrected chi connectivity index (χ1v) is 5.11. The number of hydrogen-bond donors (Lipinski definition) is 1. The standard InChI is InChI=1S/C12H16N2O2/c1-10(15)9-14(2)12(16)6-5-11-4-3-7-13-8-11/h3-8,10,15H,9H2,1-2H3. The van der Waals surface area contributed by atoms with Gasteiger partial charge in [-0.05, 0) is 24.6 Å². The van der Waals surface area contributed by atoms with E-state index < -0.39 is 6.10 Å². The molecule has 0 aromatic carbocycles. The lowest BCUT2D eigenvalue weighted by Gasteiger charge is -2.16. The Labute approximate surface area is 95.2 Å². The van der Waals surface area contributed by atoms with Crippen LogP contribution in [0.3, 0.4) is 0 Å². The van der Waals surface area contributed by atoms with Crippen molar-refractivity contribution in [3.63, 3.8) is 0 Å². The van der Waals surface area contributed by atoms with Crippen LogP contribution in [0.5, 0.6) is 0 Å². The molecule has 1 N–H and O–H groups in total. The van der Waals surface area contributed by atoms with Gasteiger partial charge in [-0.2, -0.15) is 0 Å². The molecule has 0 fully saturated rings. The van der Waals surface area contributed by atoms with Crippen molar-refractivity contribution in [1.29, 1.82) is 0 Å². The highest BCUT2D eigenvalue weighted by Crippen LogP contribution is 2.00. The van der Waals surface area contributed by atoms with Crippen LogP contribution in [-0.4, -0.2) is 40.6 Å². The van der Waals surface area contributed by atoms with Gasteiger partial charge in [0.1, 0.15) is 0 Å². The molecule has 0 aliphatic carbocycles. The molecule has 1 aromatic heterocycles. The van der Waals surface area contributed by atoms with Gasteiger partial charge in [0.25, 0.3) is 0 Å². The number of aliphatic hydroxyl groups excluding tert-OH is 1. The minimum Gasteiger partial charge on any atom is -0.392 e. The van der Waals surface area contributed by atoms with E-state index in [1.165, 1.54) is 11.0 Å². The second-order valence-corrected chi connectivity index (χ2v) is 3.69. The molecule has 0 saturated heterocycles. The number of carbonyl (C=O) groups is 1. The van der Waals surface area contributed by atoms with Crippen molar-refractivity contribution in [3.05, 3.63) is 36.2 Å². The van der Waals surface area contributed by atoms with E-state index in [1.54, 1.807) is 32.4 Å². The highest BCUT2D eigenvalue weighted by Gasteiger charge is 2.06. The molecule has 0 bridgehead atoms. The first-order valence-electron chi connectivity index (χ1n) is 5.11. The Morgan fingerprint density at radius 1 is 1.69 bits per heavy atom. The topological polar surface area (TPSA) is 53.4 Å². The number of likely N-dealkylation sites (N-methyl/N-ethyl adjacent to an activating group) is 1. The Balaban J connectivity index is 2.54. The van der Waals surface area contributed by atoms with Gasteiger partial charge in [-0.3, -0.25) is 9.78 Å². The molecule has 0 radical (unpaired) electrons. The van der Waals surface area contributed by atoms with Crippen LogP contribution in [0.1, 0.15) is 12.5 Å². The van der Waals surface area contributed by atoms with Gasteiger partial charge in [0.2, 0.25) is 5.91 Å². The highest BCUT2D eigenvalue weighted by atomic mass is 16.3. The molecule has 0 saturated carbocycles. The maximum Gasteiger partial charge on any atom is 0.246 e. The average Bonchev–Trinajstić information content (AvgIpc) is 2.26. The summed E-state index contributed by atoms with van der Waals surface area (Å²) in [5, 5.41) is 9.13. The van der Waals surface area contributed by atoms with Gasteiger partial charge in [-0.25, -0.2) is 0 Å². The zero-order valence-corrected chi connectivity index (χ0v) is 9.50. The first kappa shape index (κ1) is 12.4. The minimum atomic E-state index is -0.513. The second kappa shape index (κ2) is 6.02. The van der Waals surface area contributed by atoms with Crippen LogP contribution in [-0.2, 0) is 4.79 Å². The van der Waals surface area contributed by atoms with Gasteiger partial charge in [0, 0.05) is 32.1 Å². The van der Waals surface area contributed by atoms with Crippen molar-refractivity contribution >= 4 is 12.0 Å². The van der Waals surface area contributed by atoms with Crippen LogP contribution >= 0.6 is 0 Å².